The summed E-state index contributed by atoms with van der Waals surface area (Å²) in [6.45, 7) is 4.08. The molecule has 1 fully saturated rings. The Morgan fingerprint density at radius 3 is 3.00 bits per heavy atom. The zero-order chi connectivity index (χ0) is 17.3. The summed E-state index contributed by atoms with van der Waals surface area (Å²) in [5, 5.41) is 10.6. The van der Waals surface area contributed by atoms with Crippen LogP contribution in [0.25, 0.3) is 0 Å². The first kappa shape index (κ1) is 16.4. The monoisotopic (exact) mass is 335 g/mol. The van der Waals surface area contributed by atoms with Crippen molar-refractivity contribution in [3.63, 3.8) is 0 Å². The van der Waals surface area contributed by atoms with E-state index < -0.39 is 23.4 Å². The largest absolute Gasteiger partial charge is 0.344 e. The van der Waals surface area contributed by atoms with Crippen LogP contribution in [0.4, 0.5) is 4.79 Å². The van der Waals surface area contributed by atoms with Gasteiger partial charge in [-0.1, -0.05) is 6.92 Å². The van der Waals surface area contributed by atoms with Crippen molar-refractivity contribution >= 4 is 17.8 Å². The Hall–Kier alpha value is -2.49. The number of amides is 4. The van der Waals surface area contributed by atoms with Crippen molar-refractivity contribution in [2.75, 3.05) is 6.54 Å². The smallest absolute Gasteiger partial charge is 0.322 e. The standard InChI is InChI=1S/C14H21N7O3/c1-3-14(2)12(23)21(13(24)18-14)19-11(22)6-15-9-4-5-10-16-8-17-20(10)7-9/h8-9,15H,3-7H2,1-2H3,(H,18,24)(H,19,22)/t9-,14+/m1/s1. The number of nitrogens with zero attached hydrogens (tertiary/aromatic N) is 4. The molecule has 4 amide bonds. The fraction of sp³-hybridized carbons (Fsp3) is 0.643. The van der Waals surface area contributed by atoms with Gasteiger partial charge in [-0.3, -0.25) is 15.0 Å². The summed E-state index contributed by atoms with van der Waals surface area (Å²) >= 11 is 0. The van der Waals surface area contributed by atoms with Gasteiger partial charge in [-0.15, -0.1) is 0 Å². The van der Waals surface area contributed by atoms with Crippen molar-refractivity contribution in [1.82, 2.24) is 35.8 Å². The molecule has 0 bridgehead atoms. The fourth-order valence-corrected chi connectivity index (χ4v) is 2.83. The van der Waals surface area contributed by atoms with Crippen LogP contribution in [-0.4, -0.2) is 55.7 Å². The van der Waals surface area contributed by atoms with Crippen LogP contribution in [0, 0.1) is 0 Å². The Labute approximate surface area is 138 Å². The van der Waals surface area contributed by atoms with Crippen molar-refractivity contribution in [3.05, 3.63) is 12.2 Å². The molecule has 3 heterocycles. The summed E-state index contributed by atoms with van der Waals surface area (Å²) in [6.07, 6.45) is 3.61. The van der Waals surface area contributed by atoms with Crippen LogP contribution in [0.15, 0.2) is 6.33 Å². The molecule has 1 aromatic rings. The van der Waals surface area contributed by atoms with Crippen LogP contribution < -0.4 is 16.1 Å². The van der Waals surface area contributed by atoms with Crippen LogP contribution in [0.3, 0.4) is 0 Å². The number of carbonyl (C=O) groups is 3. The second-order valence-electron chi connectivity index (χ2n) is 6.27. The summed E-state index contributed by atoms with van der Waals surface area (Å²) < 4.78 is 1.81. The lowest BCUT2D eigenvalue weighted by atomic mass is 10.00. The predicted octanol–water partition coefficient (Wildman–Crippen LogP) is -1.07. The van der Waals surface area contributed by atoms with E-state index in [2.05, 4.69) is 26.1 Å². The highest BCUT2D eigenvalue weighted by atomic mass is 16.2. The fourth-order valence-electron chi connectivity index (χ4n) is 2.83. The summed E-state index contributed by atoms with van der Waals surface area (Å²) in [5.74, 6) is 0.0483. The molecule has 24 heavy (non-hydrogen) atoms. The Morgan fingerprint density at radius 2 is 2.29 bits per heavy atom. The van der Waals surface area contributed by atoms with Gasteiger partial charge in [0.25, 0.3) is 11.8 Å². The molecule has 10 nitrogen and oxygen atoms in total. The van der Waals surface area contributed by atoms with Crippen molar-refractivity contribution in [2.24, 2.45) is 0 Å². The first-order chi connectivity index (χ1) is 11.4. The van der Waals surface area contributed by atoms with Crippen LogP contribution in [0.5, 0.6) is 0 Å². The van der Waals surface area contributed by atoms with Gasteiger partial charge >= 0.3 is 6.03 Å². The third kappa shape index (κ3) is 2.96. The number of hydrazine groups is 1. The summed E-state index contributed by atoms with van der Waals surface area (Å²) in [4.78, 5) is 40.3. The van der Waals surface area contributed by atoms with E-state index in [1.165, 1.54) is 6.33 Å². The lowest BCUT2D eigenvalue weighted by Gasteiger charge is -2.24. The van der Waals surface area contributed by atoms with Gasteiger partial charge in [0.05, 0.1) is 13.1 Å². The second-order valence-corrected chi connectivity index (χ2v) is 6.27. The quantitative estimate of drug-likeness (QED) is 0.590. The highest BCUT2D eigenvalue weighted by Crippen LogP contribution is 2.19. The number of fused-ring (bicyclic) bond motifs is 1. The maximum atomic E-state index is 12.2. The lowest BCUT2D eigenvalue weighted by molar-refractivity contribution is -0.138. The van der Waals surface area contributed by atoms with E-state index in [4.69, 9.17) is 0 Å². The van der Waals surface area contributed by atoms with Crippen molar-refractivity contribution < 1.29 is 14.4 Å². The van der Waals surface area contributed by atoms with Crippen molar-refractivity contribution in [3.8, 4) is 0 Å². The molecular formula is C14H21N7O3. The first-order valence-electron chi connectivity index (χ1n) is 7.99. The Kier molecular flexibility index (Phi) is 4.22. The zero-order valence-corrected chi connectivity index (χ0v) is 13.7. The van der Waals surface area contributed by atoms with Crippen LogP contribution >= 0.6 is 0 Å². The van der Waals surface area contributed by atoms with E-state index in [1.54, 1.807) is 13.8 Å². The molecule has 0 aliphatic carbocycles. The van der Waals surface area contributed by atoms with Crippen LogP contribution in [0.2, 0.25) is 0 Å². The molecule has 2 aliphatic rings. The van der Waals surface area contributed by atoms with Gasteiger partial charge in [0, 0.05) is 12.5 Å². The minimum Gasteiger partial charge on any atom is -0.322 e. The van der Waals surface area contributed by atoms with Crippen molar-refractivity contribution in [2.45, 2.75) is 51.2 Å². The number of aryl methyl sites for hydroxylation is 1. The Balaban J connectivity index is 1.50. The van der Waals surface area contributed by atoms with E-state index in [0.717, 1.165) is 23.7 Å². The van der Waals surface area contributed by atoms with Crippen LogP contribution in [-0.2, 0) is 22.6 Å². The summed E-state index contributed by atoms with van der Waals surface area (Å²) in [5.41, 5.74) is 1.39. The van der Waals surface area contributed by atoms with Gasteiger partial charge in [0.15, 0.2) is 0 Å². The van der Waals surface area contributed by atoms with E-state index >= 15 is 0 Å². The maximum absolute atomic E-state index is 12.2. The molecule has 10 heteroatoms. The summed E-state index contributed by atoms with van der Waals surface area (Å²) in [6, 6.07) is -0.517. The number of aromatic nitrogens is 3. The van der Waals surface area contributed by atoms with Crippen LogP contribution in [0.1, 0.15) is 32.5 Å². The van der Waals surface area contributed by atoms with Gasteiger partial charge in [0.1, 0.15) is 17.7 Å². The average Bonchev–Trinajstić information content (AvgIpc) is 3.11. The van der Waals surface area contributed by atoms with E-state index in [0.29, 0.717) is 13.0 Å². The van der Waals surface area contributed by atoms with E-state index in [-0.39, 0.29) is 12.6 Å². The van der Waals surface area contributed by atoms with Gasteiger partial charge in [-0.2, -0.15) is 10.1 Å². The number of nitrogens with one attached hydrogen (secondary N) is 3. The third-order valence-corrected chi connectivity index (χ3v) is 4.56. The summed E-state index contributed by atoms with van der Waals surface area (Å²) in [7, 11) is 0. The molecule has 0 spiro atoms. The number of carbonyl (C=O) groups excluding carboxylic acids is 3. The molecule has 130 valence electrons. The second kappa shape index (κ2) is 6.19. The van der Waals surface area contributed by atoms with E-state index in [9.17, 15) is 14.4 Å². The topological polar surface area (TPSA) is 121 Å². The molecule has 1 aromatic heterocycles. The first-order valence-corrected chi connectivity index (χ1v) is 7.99. The number of urea groups is 1. The minimum atomic E-state index is -0.968. The number of rotatable bonds is 5. The van der Waals surface area contributed by atoms with E-state index in [1.807, 2.05) is 4.68 Å². The van der Waals surface area contributed by atoms with Gasteiger partial charge in [-0.05, 0) is 19.8 Å². The predicted molar refractivity (Wildman–Crippen MR) is 82.4 cm³/mol. The normalized spacial score (nSPS) is 26.2. The number of hydrogen-bond acceptors (Lipinski definition) is 6. The van der Waals surface area contributed by atoms with Gasteiger partial charge in [-0.25, -0.2) is 14.5 Å². The van der Waals surface area contributed by atoms with Crippen molar-refractivity contribution in [1.29, 1.82) is 0 Å². The number of hydrogen-bond donors (Lipinski definition) is 3. The SMILES string of the molecule is CC[C@]1(C)NC(=O)N(NC(=O)CN[C@@H]2CCc3ncnn3C2)C1=O. The molecule has 2 aliphatic heterocycles. The molecule has 3 N–H and O–H groups in total. The highest BCUT2D eigenvalue weighted by Gasteiger charge is 2.47. The maximum Gasteiger partial charge on any atom is 0.344 e. The third-order valence-electron chi connectivity index (χ3n) is 4.56. The number of imide groups is 1. The minimum absolute atomic E-state index is 0.00853. The molecule has 0 saturated carbocycles. The lowest BCUT2D eigenvalue weighted by Crippen LogP contribution is -2.52. The molecule has 1 saturated heterocycles. The molecule has 0 unspecified atom stereocenters. The molecule has 0 radical (unpaired) electrons. The Morgan fingerprint density at radius 1 is 1.50 bits per heavy atom. The Bertz CT molecular complexity index is 673. The van der Waals surface area contributed by atoms with Gasteiger partial charge in [0.2, 0.25) is 0 Å². The molecular weight excluding hydrogens is 314 g/mol. The average molecular weight is 335 g/mol. The molecule has 0 aromatic carbocycles. The molecule has 3 rings (SSSR count). The zero-order valence-electron chi connectivity index (χ0n) is 13.7. The molecule has 2 atom stereocenters. The van der Waals surface area contributed by atoms with Gasteiger partial charge < -0.3 is 10.6 Å². The highest BCUT2D eigenvalue weighted by molar-refractivity contribution is 6.07.